The Hall–Kier alpha value is -2.29. The molecule has 0 heterocycles. The van der Waals surface area contributed by atoms with Gasteiger partial charge in [-0.2, -0.15) is 0 Å². The highest BCUT2D eigenvalue weighted by Crippen LogP contribution is 2.18. The maximum Gasteiger partial charge on any atom is 0.223 e. The van der Waals surface area contributed by atoms with Crippen molar-refractivity contribution in [3.8, 4) is 5.75 Å². The molecule has 0 fully saturated rings. The number of nitrogens with one attached hydrogen (secondary N) is 1. The smallest absolute Gasteiger partial charge is 0.223 e. The molecule has 122 valence electrons. The summed E-state index contributed by atoms with van der Waals surface area (Å²) in [7, 11) is 0. The van der Waals surface area contributed by atoms with Gasteiger partial charge in [0.05, 0.1) is 19.1 Å². The summed E-state index contributed by atoms with van der Waals surface area (Å²) in [6.45, 7) is 6.53. The molecule has 0 bridgehead atoms. The maximum atomic E-state index is 12.1. The molecular weight excluding hydrogens is 286 g/mol. The monoisotopic (exact) mass is 311 g/mol. The van der Waals surface area contributed by atoms with E-state index >= 15 is 0 Å². The van der Waals surface area contributed by atoms with Crippen LogP contribution in [0, 0.1) is 13.8 Å². The van der Waals surface area contributed by atoms with Gasteiger partial charge in [-0.15, -0.1) is 0 Å². The van der Waals surface area contributed by atoms with Gasteiger partial charge in [-0.1, -0.05) is 55.0 Å². The lowest BCUT2D eigenvalue weighted by atomic mass is 10.0. The minimum atomic E-state index is 0.0195. The number of hydrogen-bond acceptors (Lipinski definition) is 2. The molecule has 1 N–H and O–H groups in total. The number of amides is 1. The summed E-state index contributed by atoms with van der Waals surface area (Å²) in [6.07, 6.45) is 1.23. The Bertz CT molecular complexity index is 634. The van der Waals surface area contributed by atoms with E-state index in [-0.39, 0.29) is 11.9 Å². The Kier molecular flexibility index (Phi) is 6.21. The number of ether oxygens (including phenoxy) is 1. The number of carbonyl (C=O) groups is 1. The lowest BCUT2D eigenvalue weighted by Gasteiger charge is -2.18. The fourth-order valence-corrected chi connectivity index (χ4v) is 2.46. The minimum Gasteiger partial charge on any atom is -0.493 e. The average Bonchev–Trinajstić information content (AvgIpc) is 2.55. The summed E-state index contributed by atoms with van der Waals surface area (Å²) in [5.74, 6) is 0.858. The standard InChI is InChI=1S/C20H25NO2/c1-4-18(17-11-9-15(2)10-12-17)21-20(22)13-14-23-19-8-6-5-7-16(19)3/h5-12,18H,4,13-14H2,1-3H3,(H,21,22)/t18-/m1/s1. The highest BCUT2D eigenvalue weighted by molar-refractivity contribution is 5.76. The fraction of sp³-hybridized carbons (Fsp3) is 0.350. The van der Waals surface area contributed by atoms with Crippen LogP contribution in [0.2, 0.25) is 0 Å². The van der Waals surface area contributed by atoms with Crippen molar-refractivity contribution in [2.75, 3.05) is 6.61 Å². The Morgan fingerprint density at radius 3 is 2.43 bits per heavy atom. The van der Waals surface area contributed by atoms with E-state index in [1.807, 2.05) is 31.2 Å². The molecule has 0 spiro atoms. The van der Waals surface area contributed by atoms with E-state index in [9.17, 15) is 4.79 Å². The summed E-state index contributed by atoms with van der Waals surface area (Å²) in [5.41, 5.74) is 3.45. The van der Waals surface area contributed by atoms with Crippen molar-refractivity contribution in [3.05, 3.63) is 65.2 Å². The van der Waals surface area contributed by atoms with Gasteiger partial charge in [-0.25, -0.2) is 0 Å². The lowest BCUT2D eigenvalue weighted by molar-refractivity contribution is -0.122. The second-order valence-electron chi connectivity index (χ2n) is 5.80. The molecule has 0 unspecified atom stereocenters. The predicted octanol–water partition coefficient (Wildman–Crippen LogP) is 4.34. The molecule has 0 saturated heterocycles. The topological polar surface area (TPSA) is 38.3 Å². The van der Waals surface area contributed by atoms with E-state index in [0.29, 0.717) is 13.0 Å². The normalized spacial score (nSPS) is 11.8. The first-order valence-corrected chi connectivity index (χ1v) is 8.14. The van der Waals surface area contributed by atoms with Gasteiger partial charge in [0.2, 0.25) is 5.91 Å². The van der Waals surface area contributed by atoms with E-state index in [4.69, 9.17) is 4.74 Å². The number of aryl methyl sites for hydroxylation is 2. The van der Waals surface area contributed by atoms with Gasteiger partial charge >= 0.3 is 0 Å². The summed E-state index contributed by atoms with van der Waals surface area (Å²) in [6, 6.07) is 16.2. The van der Waals surface area contributed by atoms with Crippen molar-refractivity contribution >= 4 is 5.91 Å². The van der Waals surface area contributed by atoms with Gasteiger partial charge in [0.15, 0.2) is 0 Å². The Labute approximate surface area is 138 Å². The Balaban J connectivity index is 1.83. The van der Waals surface area contributed by atoms with Gasteiger partial charge in [0.25, 0.3) is 0 Å². The number of benzene rings is 2. The van der Waals surface area contributed by atoms with Gasteiger partial charge in [0, 0.05) is 0 Å². The number of para-hydroxylation sites is 1. The van der Waals surface area contributed by atoms with Crippen molar-refractivity contribution in [1.29, 1.82) is 0 Å². The van der Waals surface area contributed by atoms with E-state index < -0.39 is 0 Å². The van der Waals surface area contributed by atoms with Gasteiger partial charge in [-0.3, -0.25) is 4.79 Å². The first kappa shape index (κ1) is 17.1. The van der Waals surface area contributed by atoms with Crippen molar-refractivity contribution in [1.82, 2.24) is 5.32 Å². The van der Waals surface area contributed by atoms with Crippen LogP contribution in [0.15, 0.2) is 48.5 Å². The van der Waals surface area contributed by atoms with Gasteiger partial charge in [-0.05, 0) is 37.5 Å². The molecule has 2 aromatic rings. The van der Waals surface area contributed by atoms with Crippen molar-refractivity contribution < 1.29 is 9.53 Å². The van der Waals surface area contributed by atoms with Crippen molar-refractivity contribution in [2.24, 2.45) is 0 Å². The third-order valence-corrected chi connectivity index (χ3v) is 3.90. The summed E-state index contributed by atoms with van der Waals surface area (Å²) >= 11 is 0. The van der Waals surface area contributed by atoms with Crippen LogP contribution in [0.1, 0.15) is 42.5 Å². The van der Waals surface area contributed by atoms with E-state index in [1.165, 1.54) is 5.56 Å². The quantitative estimate of drug-likeness (QED) is 0.826. The van der Waals surface area contributed by atoms with Crippen molar-refractivity contribution in [2.45, 2.75) is 39.7 Å². The molecule has 0 aliphatic heterocycles. The zero-order valence-electron chi connectivity index (χ0n) is 14.1. The van der Waals surface area contributed by atoms with Crippen LogP contribution in [0.3, 0.4) is 0 Å². The lowest BCUT2D eigenvalue weighted by Crippen LogP contribution is -2.29. The molecule has 2 aromatic carbocycles. The van der Waals surface area contributed by atoms with Crippen LogP contribution < -0.4 is 10.1 Å². The van der Waals surface area contributed by atoms with Crippen LogP contribution in [-0.4, -0.2) is 12.5 Å². The van der Waals surface area contributed by atoms with Crippen molar-refractivity contribution in [3.63, 3.8) is 0 Å². The van der Waals surface area contributed by atoms with Crippen LogP contribution >= 0.6 is 0 Å². The first-order valence-electron chi connectivity index (χ1n) is 8.14. The Morgan fingerprint density at radius 1 is 1.09 bits per heavy atom. The summed E-state index contributed by atoms with van der Waals surface area (Å²) in [4.78, 5) is 12.1. The molecule has 1 atom stereocenters. The first-order chi connectivity index (χ1) is 11.1. The molecule has 23 heavy (non-hydrogen) atoms. The van der Waals surface area contributed by atoms with Crippen LogP contribution in [-0.2, 0) is 4.79 Å². The van der Waals surface area contributed by atoms with E-state index in [0.717, 1.165) is 23.3 Å². The molecular formula is C20H25NO2. The third-order valence-electron chi connectivity index (χ3n) is 3.90. The van der Waals surface area contributed by atoms with Crippen LogP contribution in [0.5, 0.6) is 5.75 Å². The van der Waals surface area contributed by atoms with Gasteiger partial charge < -0.3 is 10.1 Å². The second kappa shape index (κ2) is 8.37. The highest BCUT2D eigenvalue weighted by atomic mass is 16.5. The number of rotatable bonds is 7. The fourth-order valence-electron chi connectivity index (χ4n) is 2.46. The zero-order chi connectivity index (χ0) is 16.7. The molecule has 0 aromatic heterocycles. The molecule has 2 rings (SSSR count). The molecule has 0 aliphatic carbocycles. The molecule has 0 saturated carbocycles. The molecule has 0 aliphatic rings. The number of carbonyl (C=O) groups excluding carboxylic acids is 1. The average molecular weight is 311 g/mol. The molecule has 0 radical (unpaired) electrons. The zero-order valence-corrected chi connectivity index (χ0v) is 14.1. The van der Waals surface area contributed by atoms with Crippen LogP contribution in [0.25, 0.3) is 0 Å². The largest absolute Gasteiger partial charge is 0.493 e. The Morgan fingerprint density at radius 2 is 1.78 bits per heavy atom. The summed E-state index contributed by atoms with van der Waals surface area (Å²) in [5, 5.41) is 3.08. The van der Waals surface area contributed by atoms with E-state index in [1.54, 1.807) is 0 Å². The van der Waals surface area contributed by atoms with Crippen LogP contribution in [0.4, 0.5) is 0 Å². The maximum absolute atomic E-state index is 12.1. The minimum absolute atomic E-state index is 0.0195. The molecule has 3 heteroatoms. The predicted molar refractivity (Wildman–Crippen MR) is 93.6 cm³/mol. The van der Waals surface area contributed by atoms with E-state index in [2.05, 4.69) is 43.4 Å². The number of hydrogen-bond donors (Lipinski definition) is 1. The third kappa shape index (κ3) is 5.13. The second-order valence-corrected chi connectivity index (χ2v) is 5.80. The molecule has 3 nitrogen and oxygen atoms in total. The summed E-state index contributed by atoms with van der Waals surface area (Å²) < 4.78 is 5.68. The highest BCUT2D eigenvalue weighted by Gasteiger charge is 2.12. The molecule has 1 amide bonds. The van der Waals surface area contributed by atoms with Gasteiger partial charge in [0.1, 0.15) is 5.75 Å². The SMILES string of the molecule is CC[C@@H](NC(=O)CCOc1ccccc1C)c1ccc(C)cc1.